The monoisotopic (exact) mass is 561 g/mol. The number of piperidine rings is 1. The van der Waals surface area contributed by atoms with Crippen molar-refractivity contribution in [2.75, 3.05) is 55.7 Å². The predicted octanol–water partition coefficient (Wildman–Crippen LogP) is 6.27. The number of amides is 1. The van der Waals surface area contributed by atoms with Crippen molar-refractivity contribution < 1.29 is 13.9 Å². The molecule has 7 rings (SSSR count). The Morgan fingerprint density at radius 3 is 2.59 bits per heavy atom. The van der Waals surface area contributed by atoms with Crippen molar-refractivity contribution in [1.82, 2.24) is 4.90 Å². The van der Waals surface area contributed by atoms with Crippen LogP contribution in [-0.2, 0) is 11.3 Å². The highest BCUT2D eigenvalue weighted by Gasteiger charge is 2.56. The molecule has 3 aliphatic rings. The number of aryl methyl sites for hydroxylation is 1. The second-order valence-electron chi connectivity index (χ2n) is 11.0. The molecule has 0 spiro atoms. The van der Waals surface area contributed by atoms with E-state index >= 15 is 4.39 Å². The van der Waals surface area contributed by atoms with Gasteiger partial charge < -0.3 is 14.5 Å². The molecule has 3 fully saturated rings. The Morgan fingerprint density at radius 1 is 1.08 bits per heavy atom. The number of thiophene rings is 2. The zero-order chi connectivity index (χ0) is 26.5. The molecule has 8 heteroatoms. The summed E-state index contributed by atoms with van der Waals surface area (Å²) in [6.45, 7) is 8.57. The van der Waals surface area contributed by atoms with E-state index < -0.39 is 0 Å². The summed E-state index contributed by atoms with van der Waals surface area (Å²) >= 11 is 3.35. The lowest BCUT2D eigenvalue weighted by Crippen LogP contribution is -2.37. The first kappa shape index (κ1) is 25.2. The van der Waals surface area contributed by atoms with Crippen LogP contribution in [0.5, 0.6) is 0 Å². The van der Waals surface area contributed by atoms with Crippen molar-refractivity contribution >= 4 is 50.0 Å². The van der Waals surface area contributed by atoms with Crippen LogP contribution < -0.4 is 9.80 Å². The fourth-order valence-electron chi connectivity index (χ4n) is 6.49. The van der Waals surface area contributed by atoms with Crippen molar-refractivity contribution in [2.45, 2.75) is 13.5 Å². The summed E-state index contributed by atoms with van der Waals surface area (Å²) in [6.07, 6.45) is 0. The molecule has 1 saturated carbocycles. The Morgan fingerprint density at radius 2 is 1.87 bits per heavy atom. The number of fused-ring (bicyclic) bond motifs is 2. The molecule has 39 heavy (non-hydrogen) atoms. The number of hydrogen-bond acceptors (Lipinski definition) is 6. The van der Waals surface area contributed by atoms with Gasteiger partial charge in [-0.1, -0.05) is 24.3 Å². The number of halogens is 1. The lowest BCUT2D eigenvalue weighted by Gasteiger charge is -2.30. The largest absolute Gasteiger partial charge is 0.378 e. The molecule has 202 valence electrons. The first-order chi connectivity index (χ1) is 19.1. The van der Waals surface area contributed by atoms with E-state index in [0.717, 1.165) is 19.6 Å². The van der Waals surface area contributed by atoms with E-state index in [1.165, 1.54) is 31.9 Å². The number of carbonyl (C=O) groups excluding carboxylic acids is 1. The molecule has 4 aromatic rings. The van der Waals surface area contributed by atoms with Crippen molar-refractivity contribution in [1.29, 1.82) is 0 Å². The van der Waals surface area contributed by atoms with Gasteiger partial charge in [-0.2, -0.15) is 0 Å². The van der Waals surface area contributed by atoms with E-state index in [4.69, 9.17) is 4.74 Å². The third kappa shape index (κ3) is 4.78. The minimum absolute atomic E-state index is 0.0359. The predicted molar refractivity (Wildman–Crippen MR) is 158 cm³/mol. The summed E-state index contributed by atoms with van der Waals surface area (Å²) in [7, 11) is 0. The number of morpholine rings is 1. The van der Waals surface area contributed by atoms with Crippen molar-refractivity contribution in [3.63, 3.8) is 0 Å². The van der Waals surface area contributed by atoms with Crippen molar-refractivity contribution in [3.05, 3.63) is 81.1 Å². The van der Waals surface area contributed by atoms with Crippen molar-refractivity contribution in [3.8, 4) is 0 Å². The van der Waals surface area contributed by atoms with E-state index in [1.54, 1.807) is 6.07 Å². The Balaban J connectivity index is 1.06. The van der Waals surface area contributed by atoms with E-state index in [0.29, 0.717) is 66.9 Å². The zero-order valence-electron chi connectivity index (χ0n) is 22.0. The van der Waals surface area contributed by atoms with Gasteiger partial charge in [-0.05, 0) is 71.3 Å². The Bertz CT molecular complexity index is 1490. The van der Waals surface area contributed by atoms with Gasteiger partial charge in [0.1, 0.15) is 5.82 Å². The highest BCUT2D eigenvalue weighted by atomic mass is 32.1. The van der Waals surface area contributed by atoms with Crippen LogP contribution in [0.1, 0.15) is 20.1 Å². The first-order valence-electron chi connectivity index (χ1n) is 13.7. The smallest absolute Gasteiger partial charge is 0.268 e. The molecule has 1 aliphatic carbocycles. The minimum atomic E-state index is -0.278. The molecule has 4 heterocycles. The van der Waals surface area contributed by atoms with Crippen molar-refractivity contribution in [2.24, 2.45) is 17.8 Å². The number of hydrogen-bond donors (Lipinski definition) is 0. The molecular formula is C31H32FN3O2S2. The van der Waals surface area contributed by atoms with Gasteiger partial charge in [0, 0.05) is 54.5 Å². The third-order valence-electron chi connectivity index (χ3n) is 8.72. The Labute approximate surface area is 236 Å². The molecule has 2 unspecified atom stereocenters. The van der Waals surface area contributed by atoms with E-state index in [2.05, 4.69) is 36.1 Å². The highest BCUT2D eigenvalue weighted by molar-refractivity contribution is 7.19. The topological polar surface area (TPSA) is 36.0 Å². The van der Waals surface area contributed by atoms with Crippen LogP contribution in [0.3, 0.4) is 0 Å². The molecule has 2 aromatic heterocycles. The Kier molecular flexibility index (Phi) is 6.67. The summed E-state index contributed by atoms with van der Waals surface area (Å²) in [6, 6.07) is 17.7. The van der Waals surface area contributed by atoms with Crippen LogP contribution in [0.4, 0.5) is 15.8 Å². The number of carbonyl (C=O) groups is 1. The fraction of sp³-hybridized carbons (Fsp3) is 0.387. The second-order valence-corrected chi connectivity index (χ2v) is 13.0. The molecule has 2 aromatic carbocycles. The number of nitrogens with zero attached hydrogens (tertiary/aromatic N) is 3. The van der Waals surface area contributed by atoms with Gasteiger partial charge in [-0.15, -0.1) is 22.7 Å². The van der Waals surface area contributed by atoms with Gasteiger partial charge in [0.2, 0.25) is 0 Å². The minimum Gasteiger partial charge on any atom is -0.378 e. The van der Waals surface area contributed by atoms with Gasteiger partial charge in [0.25, 0.3) is 5.91 Å². The highest BCUT2D eigenvalue weighted by Crippen LogP contribution is 2.53. The molecule has 2 atom stereocenters. The lowest BCUT2D eigenvalue weighted by atomic mass is 10.1. The average Bonchev–Trinajstić information content (AvgIpc) is 3.41. The van der Waals surface area contributed by atoms with Crippen LogP contribution in [0.2, 0.25) is 0 Å². The Hall–Kier alpha value is -2.78. The average molecular weight is 562 g/mol. The van der Waals surface area contributed by atoms with Crippen LogP contribution in [-0.4, -0.2) is 56.7 Å². The lowest BCUT2D eigenvalue weighted by molar-refractivity contribution is 0.0988. The van der Waals surface area contributed by atoms with Gasteiger partial charge in [0.15, 0.2) is 0 Å². The molecule has 2 saturated heterocycles. The van der Waals surface area contributed by atoms with Crippen LogP contribution >= 0.6 is 22.7 Å². The number of rotatable bonds is 7. The number of likely N-dealkylation sites (tertiary alicyclic amines) is 1. The quantitative estimate of drug-likeness (QED) is 0.266. The third-order valence-corrected chi connectivity index (χ3v) is 10.8. The fourth-order valence-corrected chi connectivity index (χ4v) is 8.41. The number of benzene rings is 2. The summed E-state index contributed by atoms with van der Waals surface area (Å²) in [4.78, 5) is 22.2. The second kappa shape index (κ2) is 10.3. The molecule has 5 nitrogen and oxygen atoms in total. The molecule has 2 aliphatic heterocycles. The summed E-state index contributed by atoms with van der Waals surface area (Å²) in [5, 5.41) is 3.29. The van der Waals surface area contributed by atoms with Gasteiger partial charge in [-0.25, -0.2) is 4.39 Å². The maximum Gasteiger partial charge on any atom is 0.268 e. The molecule has 0 bridgehead atoms. The standard InChI is InChI=1S/C31H32FN3O2S2/c1-20-22-5-2-3-6-28(22)39-30(20)19-33-16-23-24(17-33)25(23)18-35(31(36)29-7-4-14-38-29)21-8-9-27(26(32)15-21)34-10-12-37-13-11-34/h2-9,14-15,23-25H,10-13,16-19H2,1H3. The first-order valence-corrected chi connectivity index (χ1v) is 15.4. The number of ether oxygens (including phenoxy) is 1. The van der Waals surface area contributed by atoms with E-state index in [1.807, 2.05) is 50.8 Å². The summed E-state index contributed by atoms with van der Waals surface area (Å²) < 4.78 is 22.1. The van der Waals surface area contributed by atoms with Crippen LogP contribution in [0.15, 0.2) is 60.0 Å². The van der Waals surface area contributed by atoms with Gasteiger partial charge >= 0.3 is 0 Å². The maximum atomic E-state index is 15.3. The molecule has 1 amide bonds. The number of anilines is 2. The van der Waals surface area contributed by atoms with E-state index in [9.17, 15) is 4.79 Å². The molecule has 0 radical (unpaired) electrons. The normalized spacial score (nSPS) is 22.8. The van der Waals surface area contributed by atoms with Crippen LogP contribution in [0, 0.1) is 30.5 Å². The summed E-state index contributed by atoms with van der Waals surface area (Å²) in [5.41, 5.74) is 2.63. The van der Waals surface area contributed by atoms with Gasteiger partial charge in [-0.3, -0.25) is 9.69 Å². The zero-order valence-corrected chi connectivity index (χ0v) is 23.6. The molecular weight excluding hydrogens is 529 g/mol. The van der Waals surface area contributed by atoms with E-state index in [-0.39, 0.29) is 11.7 Å². The maximum absolute atomic E-state index is 15.3. The van der Waals surface area contributed by atoms with Gasteiger partial charge in [0.05, 0.1) is 23.8 Å². The summed E-state index contributed by atoms with van der Waals surface area (Å²) in [5.74, 6) is 1.33. The molecule has 0 N–H and O–H groups in total. The van der Waals surface area contributed by atoms with Crippen LogP contribution in [0.25, 0.3) is 10.1 Å². The SMILES string of the molecule is Cc1c(CN2CC3C(C2)C3CN(C(=O)c2cccs2)c2ccc(N3CCOCC3)c(F)c2)sc2ccccc12.